The molecule has 14 unspecified atom stereocenters. The Bertz CT molecular complexity index is 1810. The molecule has 31 heteroatoms. The number of ether oxygens (including phenoxy) is 2. The Morgan fingerprint density at radius 3 is 1.30 bits per heavy atom. The maximum atomic E-state index is 12.4. The number of Topliss-reactive ketones (excluding diaryl/α,β-unsaturated/α-hetero) is 1. The molecule has 6 aliphatic rings. The molecule has 2 fully saturated rings. The number of hydrogen-bond acceptors (Lipinski definition) is 9. The van der Waals surface area contributed by atoms with Crippen LogP contribution >= 0.6 is 183 Å². The van der Waals surface area contributed by atoms with Gasteiger partial charge in [0.15, 0.2) is 5.78 Å². The van der Waals surface area contributed by atoms with E-state index < -0.39 is 10.8 Å². The smallest absolute Gasteiger partial charge is 0.316 e. The van der Waals surface area contributed by atoms with E-state index in [1.807, 2.05) is 13.8 Å². The molecule has 9 nitrogen and oxygen atoms in total. The van der Waals surface area contributed by atoms with E-state index in [1.54, 1.807) is 12.2 Å². The number of carbonyl (C=O) groups is 3. The van der Waals surface area contributed by atoms with Gasteiger partial charge in [0.1, 0.15) is 12.2 Å². The zero-order valence-electron chi connectivity index (χ0n) is 39.3. The highest BCUT2D eigenvalue weighted by Gasteiger charge is 2.58. The van der Waals surface area contributed by atoms with Gasteiger partial charge in [0.05, 0.1) is 16.5 Å². The Hall–Kier alpha value is 6.28. The van der Waals surface area contributed by atoms with Gasteiger partial charge in [-0.25, -0.2) is 5.90 Å². The summed E-state index contributed by atoms with van der Waals surface area (Å²) < 4.78 is 11.5. The molecular weight excluding hydrogens is 1260 g/mol. The maximum absolute atomic E-state index is 12.4. The lowest BCUT2D eigenvalue weighted by Gasteiger charge is -2.44. The number of cyclic esters (lactones) is 2. The van der Waals surface area contributed by atoms with Crippen LogP contribution in [0.25, 0.3) is 0 Å². The van der Waals surface area contributed by atoms with Crippen molar-refractivity contribution in [2.75, 3.05) is 0 Å². The summed E-state index contributed by atoms with van der Waals surface area (Å²) in [7, 11) is 36.6. The first-order valence-electron chi connectivity index (χ1n) is 20.9. The molecular formula is C36H78ClN2O7P21. The molecule has 0 spiro atoms. The summed E-state index contributed by atoms with van der Waals surface area (Å²) >= 11 is 0. The third kappa shape index (κ3) is 17.6. The molecule has 2 heterocycles. The second-order valence-corrected chi connectivity index (χ2v) is 93.4. The van der Waals surface area contributed by atoms with Gasteiger partial charge in [-0.15, -0.1) is 133 Å². The Balaban J connectivity index is 0.000000464. The average Bonchev–Trinajstić information content (AvgIpc) is 4.02. The highest BCUT2D eigenvalue weighted by Crippen LogP contribution is 3.13. The van der Waals surface area contributed by atoms with Crippen molar-refractivity contribution in [2.24, 2.45) is 44.5 Å². The van der Waals surface area contributed by atoms with Crippen molar-refractivity contribution in [1.29, 1.82) is 0 Å². The fourth-order valence-corrected chi connectivity index (χ4v) is 191. The molecule has 6 rings (SSSR count). The molecule has 386 valence electrons. The third-order valence-electron chi connectivity index (χ3n) is 13.8. The van der Waals surface area contributed by atoms with Gasteiger partial charge >= 0.3 is 11.9 Å². The van der Waals surface area contributed by atoms with Gasteiger partial charge < -0.3 is 19.9 Å². The number of esters is 2. The SMILES string of the molecule is C=C[C@]1(C)C[C@H]([C@@]2(C)C3=C(CC/C3=N/O)CC[C@H]2C)OC1=O.C=C[C@]1(C)C[C@H]([C@@]2(C)C3=C(CCC3=O)CC[C@H]2C)OC1=O.Cl.NO.PP(P)P(P(P)P)P(P)P.PPP(P)P(P(P)P)P(P)P. The molecule has 22 atom stereocenters. The number of rotatable bonds is 11. The minimum atomic E-state index is -0.618. The fraction of sp³-hybridized carbons (Fsp3) is 0.667. The van der Waals surface area contributed by atoms with Crippen LogP contribution in [-0.4, -0.2) is 46.1 Å². The number of carbonyl (C=O) groups excluding carboxylic acids is 3. The van der Waals surface area contributed by atoms with E-state index in [1.165, 1.54) is 11.1 Å². The third-order valence-corrected chi connectivity index (χ3v) is 122. The Morgan fingerprint density at radius 2 is 1.00 bits per heavy atom. The van der Waals surface area contributed by atoms with Crippen LogP contribution in [0.4, 0.5) is 0 Å². The number of nitrogens with zero attached hydrogens (tertiary/aromatic N) is 1. The van der Waals surface area contributed by atoms with Crippen LogP contribution in [0.5, 0.6) is 0 Å². The monoisotopic (exact) mass is 1340 g/mol. The summed E-state index contributed by atoms with van der Waals surface area (Å²) in [5.74, 6) is 4.11. The van der Waals surface area contributed by atoms with E-state index in [0.717, 1.165) is 69.8 Å². The molecule has 0 aromatic rings. The largest absolute Gasteiger partial charge is 0.461 e. The van der Waals surface area contributed by atoms with Crippen molar-refractivity contribution in [3.8, 4) is 0 Å². The summed E-state index contributed by atoms with van der Waals surface area (Å²) in [5, 5.41) is 19.4. The van der Waals surface area contributed by atoms with Gasteiger partial charge in [0.25, 0.3) is 0 Å². The lowest BCUT2D eigenvalue weighted by atomic mass is 9.60. The number of nitrogens with two attached hydrogens (primary N) is 1. The first-order chi connectivity index (χ1) is 30.7. The van der Waals surface area contributed by atoms with Crippen molar-refractivity contribution >= 4 is 207 Å². The van der Waals surface area contributed by atoms with Gasteiger partial charge in [0, 0.05) is 35.7 Å². The summed E-state index contributed by atoms with van der Waals surface area (Å²) in [6.07, 6.45) is 11.8. The molecule has 0 saturated carbocycles. The molecule has 0 aromatic carbocycles. The van der Waals surface area contributed by atoms with Crippen LogP contribution in [0, 0.1) is 33.5 Å². The molecule has 0 amide bonds. The van der Waals surface area contributed by atoms with E-state index in [0.29, 0.717) is 31.1 Å². The molecule has 0 aromatic heterocycles. The van der Waals surface area contributed by atoms with Crippen molar-refractivity contribution in [3.63, 3.8) is 0 Å². The maximum Gasteiger partial charge on any atom is 0.316 e. The predicted molar refractivity (Wildman–Crippen MR) is 359 cm³/mol. The van der Waals surface area contributed by atoms with Crippen LogP contribution < -0.4 is 5.90 Å². The van der Waals surface area contributed by atoms with Gasteiger partial charge in [-0.3, -0.25) is 14.4 Å². The van der Waals surface area contributed by atoms with E-state index in [2.05, 4.69) is 159 Å². The molecule has 2 saturated heterocycles. The van der Waals surface area contributed by atoms with E-state index in [4.69, 9.17) is 14.7 Å². The fourth-order valence-electron chi connectivity index (χ4n) is 9.54. The van der Waals surface area contributed by atoms with Crippen molar-refractivity contribution < 1.29 is 34.3 Å². The zero-order valence-corrected chi connectivity index (χ0v) is 62.2. The predicted octanol–water partition coefficient (Wildman–Crippen LogP) is 18.6. The number of allylic oxidation sites excluding steroid dienone is 2. The highest BCUT2D eigenvalue weighted by atomic mass is 35.5. The standard InChI is InChI=1S/C18H25NO3.C18H24O3.ClH.H3NO.H13P11.H12P10/c1-5-17(3)10-14(22-16(17)20)18(4)11(2)6-7-12-8-9-13(19-21)15(12)18;1-5-17(3)10-14(21-16(17)20)18(4)11(2)6-7-12-8-9-13(19)15(12)18;;1-2;1-7-10(6)11(8(2)3)9(4)5;1-7(2)10(8(3)4)9(5)6/h5,11,14,21H,1,6-10H2,2-4H3;5,11,14H,1,6-10H2,2-4H3;1H;2H,1H2;7H,1-6H2;1-6H2/b19-13-;;;;;/t2*11-,14-,17-,18+;;;;/m11..../s1. The van der Waals surface area contributed by atoms with Crippen LogP contribution in [0.2, 0.25) is 0 Å². The number of ketones is 1. The van der Waals surface area contributed by atoms with Crippen molar-refractivity contribution in [2.45, 2.75) is 118 Å². The summed E-state index contributed by atoms with van der Waals surface area (Å²) in [5.41, 5.74) is 3.77. The van der Waals surface area contributed by atoms with E-state index in [9.17, 15) is 19.6 Å². The minimum absolute atomic E-state index is 0. The van der Waals surface area contributed by atoms with Gasteiger partial charge in [0.2, 0.25) is 0 Å². The van der Waals surface area contributed by atoms with Crippen LogP contribution in [-0.2, 0) is 23.9 Å². The normalized spacial score (nSPS) is 32.3. The van der Waals surface area contributed by atoms with E-state index >= 15 is 0 Å². The van der Waals surface area contributed by atoms with Crippen molar-refractivity contribution in [3.05, 3.63) is 47.6 Å². The van der Waals surface area contributed by atoms with Gasteiger partial charge in [-0.1, -0.05) is 64.1 Å². The molecule has 67 heavy (non-hydrogen) atoms. The van der Waals surface area contributed by atoms with Crippen molar-refractivity contribution in [1.82, 2.24) is 0 Å². The van der Waals surface area contributed by atoms with E-state index in [-0.39, 0.29) is 109 Å². The quantitative estimate of drug-likeness (QED) is 0.0609. The van der Waals surface area contributed by atoms with Crippen LogP contribution in [0.1, 0.15) is 106 Å². The van der Waals surface area contributed by atoms with Gasteiger partial charge in [-0.2, -0.15) is 0 Å². The second kappa shape index (κ2) is 32.5. The first kappa shape index (κ1) is 71.3. The second-order valence-electron chi connectivity index (χ2n) is 17.7. The molecule has 4 N–H and O–H groups in total. The molecule has 2 aliphatic heterocycles. The Morgan fingerprint density at radius 1 is 0.642 bits per heavy atom. The molecule has 0 radical (unpaired) electrons. The Labute approximate surface area is 447 Å². The number of halogens is 1. The van der Waals surface area contributed by atoms with Gasteiger partial charge in [-0.05, 0) is 132 Å². The summed E-state index contributed by atoms with van der Waals surface area (Å²) in [6, 6.07) is 0. The number of hydrogen-bond donors (Lipinski definition) is 3. The summed E-state index contributed by atoms with van der Waals surface area (Å²) in [4.78, 5) is 36.9. The van der Waals surface area contributed by atoms with Crippen LogP contribution in [0.15, 0.2) is 52.8 Å². The highest BCUT2D eigenvalue weighted by molar-refractivity contribution is 9.18. The molecule has 0 bridgehead atoms. The molecule has 4 aliphatic carbocycles. The Kier molecular flexibility index (Phi) is 34.6. The lowest BCUT2D eigenvalue weighted by molar-refractivity contribution is -0.151. The lowest BCUT2D eigenvalue weighted by Crippen LogP contribution is -2.44. The topological polar surface area (TPSA) is 149 Å². The number of oxime groups is 1. The van der Waals surface area contributed by atoms with Crippen LogP contribution in [0.3, 0.4) is 0 Å². The summed E-state index contributed by atoms with van der Waals surface area (Å²) in [6.45, 7) is 21.5. The zero-order chi connectivity index (χ0) is 50.9. The first-order valence-corrected chi connectivity index (χ1v) is 57.3. The average molecular weight is 1340 g/mol. The minimum Gasteiger partial charge on any atom is -0.461 e.